The SMILES string of the molecule is C=C(N[C@@H](CC(C)C)C(=O)N[C@@H](CCc1ccccc1)C(=O)C(=O)NC1CC1)OC1CCOC1. The van der Waals surface area contributed by atoms with Crippen LogP contribution in [0.25, 0.3) is 0 Å². The first-order chi connectivity index (χ1) is 16.3. The van der Waals surface area contributed by atoms with E-state index in [0.717, 1.165) is 24.8 Å². The van der Waals surface area contributed by atoms with E-state index in [1.807, 2.05) is 44.2 Å². The second-order valence-corrected chi connectivity index (χ2v) is 9.55. The molecular weight excluding hydrogens is 434 g/mol. The van der Waals surface area contributed by atoms with Crippen LogP contribution in [0.3, 0.4) is 0 Å². The number of ether oxygens (including phenoxy) is 2. The first kappa shape index (κ1) is 25.7. The number of nitrogens with one attached hydrogen (secondary N) is 3. The number of Topliss-reactive ketones (excluding diaryl/α,β-unsaturated/α-hetero) is 1. The van der Waals surface area contributed by atoms with Crippen molar-refractivity contribution in [3.8, 4) is 0 Å². The molecule has 186 valence electrons. The van der Waals surface area contributed by atoms with Crippen LogP contribution in [0.15, 0.2) is 42.8 Å². The van der Waals surface area contributed by atoms with Crippen LogP contribution >= 0.6 is 0 Å². The Morgan fingerprint density at radius 1 is 1.09 bits per heavy atom. The zero-order valence-electron chi connectivity index (χ0n) is 20.2. The molecule has 3 N–H and O–H groups in total. The number of benzene rings is 1. The van der Waals surface area contributed by atoms with Crippen molar-refractivity contribution < 1.29 is 23.9 Å². The van der Waals surface area contributed by atoms with E-state index < -0.39 is 23.8 Å². The zero-order chi connectivity index (χ0) is 24.5. The highest BCUT2D eigenvalue weighted by Gasteiger charge is 2.33. The zero-order valence-corrected chi connectivity index (χ0v) is 20.2. The summed E-state index contributed by atoms with van der Waals surface area (Å²) in [6.07, 6.45) is 3.86. The summed E-state index contributed by atoms with van der Waals surface area (Å²) < 4.78 is 11.1. The lowest BCUT2D eigenvalue weighted by Gasteiger charge is -2.26. The van der Waals surface area contributed by atoms with Crippen molar-refractivity contribution in [3.63, 3.8) is 0 Å². The largest absolute Gasteiger partial charge is 0.474 e. The van der Waals surface area contributed by atoms with Gasteiger partial charge >= 0.3 is 0 Å². The van der Waals surface area contributed by atoms with E-state index in [1.54, 1.807) is 0 Å². The standard InChI is InChI=1S/C26H37N3O5/c1-17(2)15-23(27-18(3)34-21-13-14-33-16-21)25(31)29-22(12-9-19-7-5-4-6-8-19)24(30)26(32)28-20-10-11-20/h4-8,17,20-23,27H,3,9-16H2,1-2H3,(H,28,32)(H,29,31)/t21?,22-,23-/m0/s1. The van der Waals surface area contributed by atoms with Crippen LogP contribution in [-0.4, -0.2) is 55.0 Å². The highest BCUT2D eigenvalue weighted by atomic mass is 16.6. The summed E-state index contributed by atoms with van der Waals surface area (Å²) in [7, 11) is 0. The Morgan fingerprint density at radius 2 is 1.82 bits per heavy atom. The van der Waals surface area contributed by atoms with Gasteiger partial charge in [0.25, 0.3) is 5.91 Å². The number of rotatable bonds is 14. The fraction of sp³-hybridized carbons (Fsp3) is 0.577. The third kappa shape index (κ3) is 8.48. The van der Waals surface area contributed by atoms with Crippen LogP contribution in [0.4, 0.5) is 0 Å². The van der Waals surface area contributed by atoms with E-state index in [1.165, 1.54) is 0 Å². The van der Waals surface area contributed by atoms with Crippen molar-refractivity contribution >= 4 is 17.6 Å². The number of hydrogen-bond donors (Lipinski definition) is 3. The molecule has 0 aromatic heterocycles. The molecule has 1 aromatic carbocycles. The molecule has 2 fully saturated rings. The molecule has 8 nitrogen and oxygen atoms in total. The average molecular weight is 472 g/mol. The van der Waals surface area contributed by atoms with Gasteiger partial charge in [-0.05, 0) is 50.2 Å². The predicted molar refractivity (Wildman–Crippen MR) is 129 cm³/mol. The summed E-state index contributed by atoms with van der Waals surface area (Å²) in [5, 5.41) is 8.64. The van der Waals surface area contributed by atoms with Gasteiger partial charge in [0.05, 0.1) is 19.3 Å². The molecule has 1 heterocycles. The minimum absolute atomic E-state index is 0.0670. The van der Waals surface area contributed by atoms with Gasteiger partial charge in [0.2, 0.25) is 11.7 Å². The normalized spacial score (nSPS) is 19.2. The monoisotopic (exact) mass is 471 g/mol. The van der Waals surface area contributed by atoms with Crippen molar-refractivity contribution in [1.82, 2.24) is 16.0 Å². The maximum absolute atomic E-state index is 13.3. The molecule has 2 amide bonds. The van der Waals surface area contributed by atoms with Crippen molar-refractivity contribution in [2.75, 3.05) is 13.2 Å². The predicted octanol–water partition coefficient (Wildman–Crippen LogP) is 2.23. The van der Waals surface area contributed by atoms with E-state index >= 15 is 0 Å². The highest BCUT2D eigenvalue weighted by Crippen LogP contribution is 2.19. The molecule has 8 heteroatoms. The smallest absolute Gasteiger partial charge is 0.289 e. The lowest BCUT2D eigenvalue weighted by Crippen LogP contribution is -2.53. The van der Waals surface area contributed by atoms with Gasteiger partial charge in [-0.25, -0.2) is 0 Å². The molecule has 1 aliphatic heterocycles. The Kier molecular flexibility index (Phi) is 9.51. The minimum atomic E-state index is -0.916. The van der Waals surface area contributed by atoms with E-state index in [2.05, 4.69) is 22.5 Å². The molecule has 0 spiro atoms. The Bertz CT molecular complexity index is 847. The molecule has 1 unspecified atom stereocenters. The third-order valence-corrected chi connectivity index (χ3v) is 5.89. The Balaban J connectivity index is 1.65. The van der Waals surface area contributed by atoms with Gasteiger partial charge in [-0.2, -0.15) is 0 Å². The number of ketones is 1. The molecular formula is C26H37N3O5. The number of amides is 2. The van der Waals surface area contributed by atoms with Crippen LogP contribution < -0.4 is 16.0 Å². The molecule has 1 aromatic rings. The fourth-order valence-electron chi connectivity index (χ4n) is 3.88. The van der Waals surface area contributed by atoms with Gasteiger partial charge in [0.15, 0.2) is 5.88 Å². The first-order valence-electron chi connectivity index (χ1n) is 12.2. The molecule has 0 bridgehead atoms. The molecule has 2 aliphatic rings. The molecule has 1 saturated carbocycles. The minimum Gasteiger partial charge on any atom is -0.474 e. The summed E-state index contributed by atoms with van der Waals surface area (Å²) in [4.78, 5) is 38.7. The van der Waals surface area contributed by atoms with Gasteiger partial charge < -0.3 is 25.4 Å². The van der Waals surface area contributed by atoms with Crippen LogP contribution in [0.2, 0.25) is 0 Å². The second-order valence-electron chi connectivity index (χ2n) is 9.55. The number of carbonyl (C=O) groups excluding carboxylic acids is 3. The maximum atomic E-state index is 13.3. The van der Waals surface area contributed by atoms with Crippen LogP contribution in [-0.2, 0) is 30.3 Å². The number of carbonyl (C=O) groups is 3. The number of aryl methyl sites for hydroxylation is 1. The van der Waals surface area contributed by atoms with Crippen LogP contribution in [0.5, 0.6) is 0 Å². The summed E-state index contributed by atoms with van der Waals surface area (Å²) in [6, 6.07) is 8.20. The Hall–Kier alpha value is -2.87. The second kappa shape index (κ2) is 12.6. The van der Waals surface area contributed by atoms with Gasteiger partial charge in [0, 0.05) is 12.5 Å². The summed E-state index contributed by atoms with van der Waals surface area (Å²) in [6.45, 7) is 9.06. The fourth-order valence-corrected chi connectivity index (χ4v) is 3.88. The van der Waals surface area contributed by atoms with E-state index in [9.17, 15) is 14.4 Å². The maximum Gasteiger partial charge on any atom is 0.289 e. The molecule has 34 heavy (non-hydrogen) atoms. The summed E-state index contributed by atoms with van der Waals surface area (Å²) in [5.41, 5.74) is 1.04. The lowest BCUT2D eigenvalue weighted by atomic mass is 9.99. The number of hydrogen-bond acceptors (Lipinski definition) is 6. The van der Waals surface area contributed by atoms with E-state index in [0.29, 0.717) is 38.4 Å². The average Bonchev–Trinajstić information content (AvgIpc) is 3.47. The lowest BCUT2D eigenvalue weighted by molar-refractivity contribution is -0.140. The van der Waals surface area contributed by atoms with Crippen LogP contribution in [0, 0.1) is 5.92 Å². The summed E-state index contributed by atoms with van der Waals surface area (Å²) >= 11 is 0. The Labute approximate surface area is 201 Å². The van der Waals surface area contributed by atoms with Gasteiger partial charge in [-0.1, -0.05) is 44.2 Å². The summed E-state index contributed by atoms with van der Waals surface area (Å²) in [5.74, 6) is -1.09. The van der Waals surface area contributed by atoms with Crippen LogP contribution in [0.1, 0.15) is 51.5 Å². The molecule has 0 radical (unpaired) electrons. The van der Waals surface area contributed by atoms with Crippen molar-refractivity contribution in [2.45, 2.75) is 76.6 Å². The molecule has 3 rings (SSSR count). The highest BCUT2D eigenvalue weighted by molar-refractivity contribution is 6.38. The molecule has 3 atom stereocenters. The topological polar surface area (TPSA) is 106 Å². The third-order valence-electron chi connectivity index (χ3n) is 5.89. The van der Waals surface area contributed by atoms with E-state index in [4.69, 9.17) is 9.47 Å². The first-order valence-corrected chi connectivity index (χ1v) is 12.2. The molecule has 1 aliphatic carbocycles. The Morgan fingerprint density at radius 3 is 2.44 bits per heavy atom. The van der Waals surface area contributed by atoms with Gasteiger partial charge in [-0.3, -0.25) is 14.4 Å². The van der Waals surface area contributed by atoms with Gasteiger partial charge in [-0.15, -0.1) is 0 Å². The van der Waals surface area contributed by atoms with Crippen molar-refractivity contribution in [3.05, 3.63) is 48.4 Å². The van der Waals surface area contributed by atoms with Gasteiger partial charge in [0.1, 0.15) is 12.1 Å². The van der Waals surface area contributed by atoms with Crippen molar-refractivity contribution in [2.24, 2.45) is 5.92 Å². The quantitative estimate of drug-likeness (QED) is 0.284. The van der Waals surface area contributed by atoms with E-state index in [-0.39, 0.29) is 24.0 Å². The van der Waals surface area contributed by atoms with Crippen molar-refractivity contribution in [1.29, 1.82) is 0 Å². The molecule has 1 saturated heterocycles.